The Bertz CT molecular complexity index is 1240. The number of rotatable bonds is 11. The summed E-state index contributed by atoms with van der Waals surface area (Å²) >= 11 is 1.44. The van der Waals surface area contributed by atoms with Crippen molar-refractivity contribution in [3.63, 3.8) is 0 Å². The van der Waals surface area contributed by atoms with Gasteiger partial charge >= 0.3 is 0 Å². The summed E-state index contributed by atoms with van der Waals surface area (Å²) < 4.78 is 28.3. The topological polar surface area (TPSA) is 104 Å². The van der Waals surface area contributed by atoms with E-state index in [1.54, 1.807) is 18.2 Å². The van der Waals surface area contributed by atoms with Gasteiger partial charge in [-0.25, -0.2) is 28.7 Å². The molecule has 170 valence electrons. The highest BCUT2D eigenvalue weighted by molar-refractivity contribution is 7.18. The molecule has 0 saturated heterocycles. The van der Waals surface area contributed by atoms with E-state index in [1.807, 2.05) is 0 Å². The summed E-state index contributed by atoms with van der Waals surface area (Å²) in [6.07, 6.45) is 5.42. The Morgan fingerprint density at radius 2 is 2.06 bits per heavy atom. The lowest BCUT2D eigenvalue weighted by Gasteiger charge is -2.06. The van der Waals surface area contributed by atoms with Gasteiger partial charge in [0, 0.05) is 25.7 Å². The number of halogens is 2. The zero-order valence-electron chi connectivity index (χ0n) is 17.7. The number of imidazole rings is 1. The maximum atomic E-state index is 14.5. The Hall–Kier alpha value is -3.57. The molecule has 0 saturated carbocycles. The third-order valence-electron chi connectivity index (χ3n) is 4.81. The highest BCUT2D eigenvalue weighted by Crippen LogP contribution is 2.25. The van der Waals surface area contributed by atoms with E-state index in [2.05, 4.69) is 53.7 Å². The maximum absolute atomic E-state index is 14.5. The summed E-state index contributed by atoms with van der Waals surface area (Å²) in [4.78, 5) is 25.0. The van der Waals surface area contributed by atoms with Crippen LogP contribution in [0.2, 0.25) is 0 Å². The van der Waals surface area contributed by atoms with E-state index in [0.717, 1.165) is 9.84 Å². The van der Waals surface area contributed by atoms with Crippen LogP contribution in [-0.2, 0) is 13.0 Å². The molecular formula is C22H22F2N8S. The molecule has 0 amide bonds. The highest BCUT2D eigenvalue weighted by Gasteiger charge is 2.16. The third-order valence-corrected chi connectivity index (χ3v) is 5.83. The largest absolute Gasteiger partial charge is 0.362 e. The lowest BCUT2D eigenvalue weighted by molar-refractivity contribution is 0.315. The summed E-state index contributed by atoms with van der Waals surface area (Å²) in [5.74, 6) is 0.364. The van der Waals surface area contributed by atoms with Gasteiger partial charge in [0.15, 0.2) is 12.0 Å². The smallest absolute Gasteiger partial charge is 0.170 e. The first-order chi connectivity index (χ1) is 16.1. The summed E-state index contributed by atoms with van der Waals surface area (Å²) in [7, 11) is 0. The number of thiazole rings is 1. The van der Waals surface area contributed by atoms with E-state index in [1.165, 1.54) is 29.9 Å². The van der Waals surface area contributed by atoms with Crippen LogP contribution in [-0.4, -0.2) is 43.0 Å². The molecule has 4 heterocycles. The van der Waals surface area contributed by atoms with Crippen molar-refractivity contribution in [3.05, 3.63) is 71.5 Å². The Balaban J connectivity index is 1.33. The van der Waals surface area contributed by atoms with E-state index in [0.29, 0.717) is 41.4 Å². The molecule has 4 rings (SSSR count). The first kappa shape index (κ1) is 22.6. The molecule has 33 heavy (non-hydrogen) atoms. The van der Waals surface area contributed by atoms with Crippen molar-refractivity contribution in [2.45, 2.75) is 19.1 Å². The van der Waals surface area contributed by atoms with Gasteiger partial charge in [-0.3, -0.25) is 4.98 Å². The number of fused-ring (bicyclic) bond motifs is 1. The highest BCUT2D eigenvalue weighted by atomic mass is 32.1. The van der Waals surface area contributed by atoms with E-state index in [9.17, 15) is 8.78 Å². The quantitative estimate of drug-likeness (QED) is 0.285. The van der Waals surface area contributed by atoms with Crippen LogP contribution in [0, 0.1) is 5.82 Å². The van der Waals surface area contributed by atoms with E-state index < -0.39 is 6.17 Å². The minimum atomic E-state index is -1.29. The third kappa shape index (κ3) is 5.26. The van der Waals surface area contributed by atoms with Crippen LogP contribution in [0.1, 0.15) is 34.1 Å². The van der Waals surface area contributed by atoms with Crippen LogP contribution in [0.4, 0.5) is 14.6 Å². The minimum Gasteiger partial charge on any atom is -0.362 e. The van der Waals surface area contributed by atoms with Crippen LogP contribution in [0.15, 0.2) is 37.8 Å². The molecule has 4 aromatic rings. The van der Waals surface area contributed by atoms with E-state index in [-0.39, 0.29) is 24.7 Å². The number of aromatic amines is 1. The summed E-state index contributed by atoms with van der Waals surface area (Å²) in [6, 6.07) is 2.90. The van der Waals surface area contributed by atoms with Crippen LogP contribution in [0.5, 0.6) is 0 Å². The lowest BCUT2D eigenvalue weighted by Crippen LogP contribution is -2.22. The van der Waals surface area contributed by atoms with Gasteiger partial charge < -0.3 is 15.6 Å². The molecule has 0 fully saturated rings. The number of alkyl halides is 1. The molecule has 1 unspecified atom stereocenters. The van der Waals surface area contributed by atoms with Gasteiger partial charge in [-0.2, -0.15) is 0 Å². The molecule has 11 heteroatoms. The van der Waals surface area contributed by atoms with Crippen LogP contribution in [0.3, 0.4) is 0 Å². The lowest BCUT2D eigenvalue weighted by atomic mass is 10.3. The summed E-state index contributed by atoms with van der Waals surface area (Å²) in [6.45, 7) is 8.16. The number of pyridine rings is 1. The molecule has 0 bridgehead atoms. The van der Waals surface area contributed by atoms with Gasteiger partial charge in [0.05, 0.1) is 28.6 Å². The minimum absolute atomic E-state index is 0.105. The van der Waals surface area contributed by atoms with Crippen molar-refractivity contribution in [3.8, 4) is 0 Å². The van der Waals surface area contributed by atoms with Crippen molar-refractivity contribution in [2.75, 3.05) is 18.4 Å². The van der Waals surface area contributed by atoms with Crippen molar-refractivity contribution < 1.29 is 8.78 Å². The number of nitrogens with one attached hydrogen (secondary N) is 3. The molecule has 4 aromatic heterocycles. The van der Waals surface area contributed by atoms with Crippen LogP contribution < -0.4 is 10.6 Å². The fourth-order valence-electron chi connectivity index (χ4n) is 3.15. The number of anilines is 1. The number of hydrogen-bond acceptors (Lipinski definition) is 8. The van der Waals surface area contributed by atoms with Gasteiger partial charge in [-0.15, -0.1) is 0 Å². The second-order valence-corrected chi connectivity index (χ2v) is 8.08. The van der Waals surface area contributed by atoms with Gasteiger partial charge in [0.2, 0.25) is 0 Å². The van der Waals surface area contributed by atoms with E-state index in [4.69, 9.17) is 0 Å². The molecule has 0 aromatic carbocycles. The van der Waals surface area contributed by atoms with Crippen molar-refractivity contribution in [2.24, 2.45) is 0 Å². The Labute approximate surface area is 193 Å². The number of aromatic nitrogens is 6. The average Bonchev–Trinajstić information content (AvgIpc) is 3.45. The molecule has 1 atom stereocenters. The SMILES string of the molecule is C=Cc1nc(C(F)CNCCc2nc3c(NCc4ncccc4F)ncnc3s2)[nH]c1C=C. The Morgan fingerprint density at radius 3 is 2.82 bits per heavy atom. The fourth-order valence-corrected chi connectivity index (χ4v) is 4.05. The molecule has 0 spiro atoms. The zero-order chi connectivity index (χ0) is 23.2. The first-order valence-corrected chi connectivity index (χ1v) is 11.0. The van der Waals surface area contributed by atoms with Crippen LogP contribution in [0.25, 0.3) is 22.5 Å². The maximum Gasteiger partial charge on any atom is 0.170 e. The van der Waals surface area contributed by atoms with Crippen molar-refractivity contribution in [1.82, 2.24) is 35.2 Å². The van der Waals surface area contributed by atoms with Gasteiger partial charge in [0.25, 0.3) is 0 Å². The van der Waals surface area contributed by atoms with Crippen molar-refractivity contribution >= 4 is 39.7 Å². The molecule has 0 aliphatic heterocycles. The predicted molar refractivity (Wildman–Crippen MR) is 126 cm³/mol. The monoisotopic (exact) mass is 468 g/mol. The summed E-state index contributed by atoms with van der Waals surface area (Å²) in [5, 5.41) is 7.00. The van der Waals surface area contributed by atoms with Gasteiger partial charge in [0.1, 0.15) is 28.3 Å². The zero-order valence-corrected chi connectivity index (χ0v) is 18.5. The van der Waals surface area contributed by atoms with Gasteiger partial charge in [-0.1, -0.05) is 24.5 Å². The summed E-state index contributed by atoms with van der Waals surface area (Å²) in [5.41, 5.74) is 2.13. The molecule has 3 N–H and O–H groups in total. The number of hydrogen-bond donors (Lipinski definition) is 3. The second kappa shape index (κ2) is 10.4. The fraction of sp³-hybridized carbons (Fsp3) is 0.227. The molecular weight excluding hydrogens is 446 g/mol. The standard InChI is InChI=1S/C22H22F2N8S/c1-3-15-16(4-2)31-20(30-15)14(24)10-25-9-7-18-32-19-21(28-12-29-22(19)33-18)27-11-17-13(23)6-5-8-26-17/h3-6,8,12,14,25H,1-2,7,9-11H2,(H,30,31)(H,27,28,29). The molecule has 0 radical (unpaired) electrons. The second-order valence-electron chi connectivity index (χ2n) is 7.02. The van der Waals surface area contributed by atoms with Gasteiger partial charge in [-0.05, 0) is 24.3 Å². The average molecular weight is 469 g/mol. The van der Waals surface area contributed by atoms with Crippen LogP contribution >= 0.6 is 11.3 Å². The number of H-pyrrole nitrogens is 1. The normalized spacial score (nSPS) is 12.1. The van der Waals surface area contributed by atoms with E-state index >= 15 is 0 Å². The molecule has 0 aliphatic carbocycles. The number of nitrogens with zero attached hydrogens (tertiary/aromatic N) is 5. The molecule has 0 aliphatic rings. The Kier molecular flexibility index (Phi) is 7.10. The Morgan fingerprint density at radius 1 is 1.18 bits per heavy atom. The first-order valence-electron chi connectivity index (χ1n) is 10.2. The van der Waals surface area contributed by atoms with Crippen molar-refractivity contribution in [1.29, 1.82) is 0 Å². The predicted octanol–water partition coefficient (Wildman–Crippen LogP) is 4.08. The molecule has 8 nitrogen and oxygen atoms in total.